The van der Waals surface area contributed by atoms with Crippen molar-refractivity contribution in [2.75, 3.05) is 6.54 Å². The van der Waals surface area contributed by atoms with Gasteiger partial charge in [-0.3, -0.25) is 14.9 Å². The molecule has 1 fully saturated rings. The molecule has 0 atom stereocenters. The van der Waals surface area contributed by atoms with Gasteiger partial charge in [-0.25, -0.2) is 4.98 Å². The summed E-state index contributed by atoms with van der Waals surface area (Å²) < 4.78 is 0. The van der Waals surface area contributed by atoms with Crippen LogP contribution >= 0.6 is 11.6 Å². The highest BCUT2D eigenvalue weighted by atomic mass is 35.5. The highest BCUT2D eigenvalue weighted by molar-refractivity contribution is 6.32. The fourth-order valence-corrected chi connectivity index (χ4v) is 2.60. The normalized spacial score (nSPS) is 15.7. The van der Waals surface area contributed by atoms with E-state index in [1.54, 1.807) is 0 Å². The van der Waals surface area contributed by atoms with Crippen LogP contribution < -0.4 is 5.32 Å². The third-order valence-corrected chi connectivity index (χ3v) is 3.94. The molecule has 1 amide bonds. The minimum absolute atomic E-state index is 0.0395. The predicted molar refractivity (Wildman–Crippen MR) is 74.8 cm³/mol. The van der Waals surface area contributed by atoms with Crippen molar-refractivity contribution in [1.82, 2.24) is 10.3 Å². The van der Waals surface area contributed by atoms with Crippen molar-refractivity contribution < 1.29 is 9.72 Å². The maximum Gasteiger partial charge on any atom is 0.319 e. The Labute approximate surface area is 121 Å². The standard InChI is InChI=1S/C13H16ClN3O3/c1-2-4-13(5-6-13)8-16-12(18)9-3-7-15-11(14)10(9)17(19)20/h3,7H,2,4-6,8H2,1H3,(H,16,18). The predicted octanol–water partition coefficient (Wildman–Crippen LogP) is 2.95. The molecule has 1 aliphatic rings. The molecule has 1 saturated carbocycles. The Hall–Kier alpha value is -1.69. The highest BCUT2D eigenvalue weighted by Crippen LogP contribution is 2.49. The number of carbonyl (C=O) groups is 1. The van der Waals surface area contributed by atoms with Crippen LogP contribution in [0, 0.1) is 15.5 Å². The topological polar surface area (TPSA) is 85.1 Å². The molecule has 2 rings (SSSR count). The van der Waals surface area contributed by atoms with E-state index >= 15 is 0 Å². The summed E-state index contributed by atoms with van der Waals surface area (Å²) in [6.07, 6.45) is 5.62. The average molecular weight is 298 g/mol. The van der Waals surface area contributed by atoms with Crippen LogP contribution in [0.3, 0.4) is 0 Å². The number of pyridine rings is 1. The number of halogens is 1. The zero-order chi connectivity index (χ0) is 14.8. The van der Waals surface area contributed by atoms with Gasteiger partial charge in [0, 0.05) is 12.7 Å². The van der Waals surface area contributed by atoms with Gasteiger partial charge in [-0.1, -0.05) is 24.9 Å². The molecular formula is C13H16ClN3O3. The zero-order valence-electron chi connectivity index (χ0n) is 11.2. The molecule has 0 aliphatic heterocycles. The van der Waals surface area contributed by atoms with Gasteiger partial charge in [0.25, 0.3) is 5.91 Å². The number of rotatable bonds is 6. The van der Waals surface area contributed by atoms with Crippen LogP contribution in [0.2, 0.25) is 5.15 Å². The molecule has 0 unspecified atom stereocenters. The summed E-state index contributed by atoms with van der Waals surface area (Å²) in [5, 5.41) is 13.5. The molecule has 6 nitrogen and oxygen atoms in total. The van der Waals surface area contributed by atoms with E-state index in [2.05, 4.69) is 17.2 Å². The van der Waals surface area contributed by atoms with Crippen LogP contribution in [-0.2, 0) is 0 Å². The number of nitrogens with one attached hydrogen (secondary N) is 1. The van der Waals surface area contributed by atoms with Gasteiger partial charge in [0.15, 0.2) is 0 Å². The van der Waals surface area contributed by atoms with E-state index in [-0.39, 0.29) is 16.1 Å². The van der Waals surface area contributed by atoms with Crippen molar-refractivity contribution in [3.8, 4) is 0 Å². The van der Waals surface area contributed by atoms with Crippen LogP contribution in [0.15, 0.2) is 12.3 Å². The summed E-state index contributed by atoms with van der Waals surface area (Å²) in [5.74, 6) is -0.469. The highest BCUT2D eigenvalue weighted by Gasteiger charge is 2.41. The van der Waals surface area contributed by atoms with Gasteiger partial charge < -0.3 is 5.32 Å². The van der Waals surface area contributed by atoms with E-state index in [0.717, 1.165) is 25.7 Å². The molecule has 108 valence electrons. The Kier molecular flexibility index (Phi) is 4.23. The smallest absolute Gasteiger partial charge is 0.319 e. The minimum atomic E-state index is -0.677. The van der Waals surface area contributed by atoms with Crippen molar-refractivity contribution >= 4 is 23.2 Å². The number of hydrogen-bond acceptors (Lipinski definition) is 4. The maximum atomic E-state index is 12.1. The summed E-state index contributed by atoms with van der Waals surface area (Å²) in [4.78, 5) is 26.0. The van der Waals surface area contributed by atoms with Crippen LogP contribution in [-0.4, -0.2) is 22.4 Å². The monoisotopic (exact) mass is 297 g/mol. The van der Waals surface area contributed by atoms with Crippen molar-refractivity contribution in [3.63, 3.8) is 0 Å². The molecule has 20 heavy (non-hydrogen) atoms. The molecule has 0 radical (unpaired) electrons. The average Bonchev–Trinajstić information content (AvgIpc) is 3.16. The van der Waals surface area contributed by atoms with Gasteiger partial charge in [-0.2, -0.15) is 0 Å². The lowest BCUT2D eigenvalue weighted by molar-refractivity contribution is -0.385. The van der Waals surface area contributed by atoms with E-state index in [4.69, 9.17) is 11.6 Å². The summed E-state index contributed by atoms with van der Waals surface area (Å²) in [5.41, 5.74) is -0.287. The second-order valence-electron chi connectivity index (χ2n) is 5.19. The number of hydrogen-bond donors (Lipinski definition) is 1. The molecule has 0 spiro atoms. The van der Waals surface area contributed by atoms with E-state index in [9.17, 15) is 14.9 Å². The van der Waals surface area contributed by atoms with E-state index < -0.39 is 16.5 Å². The van der Waals surface area contributed by atoms with Crippen LogP contribution in [0.5, 0.6) is 0 Å². The Morgan fingerprint density at radius 1 is 1.60 bits per heavy atom. The number of aromatic nitrogens is 1. The molecule has 1 aliphatic carbocycles. The number of nitro groups is 1. The van der Waals surface area contributed by atoms with Crippen molar-refractivity contribution in [2.24, 2.45) is 5.41 Å². The van der Waals surface area contributed by atoms with Gasteiger partial charge in [0.1, 0.15) is 5.56 Å². The Morgan fingerprint density at radius 2 is 2.30 bits per heavy atom. The second kappa shape index (κ2) is 5.75. The first kappa shape index (κ1) is 14.7. The lowest BCUT2D eigenvalue weighted by atomic mass is 10.0. The Morgan fingerprint density at radius 3 is 2.85 bits per heavy atom. The SMILES string of the molecule is CCCC1(CNC(=O)c2ccnc(Cl)c2[N+](=O)[O-])CC1. The van der Waals surface area contributed by atoms with Gasteiger partial charge in [0.05, 0.1) is 4.92 Å². The second-order valence-corrected chi connectivity index (χ2v) is 5.55. The first-order valence-corrected chi connectivity index (χ1v) is 6.94. The van der Waals surface area contributed by atoms with Crippen molar-refractivity contribution in [2.45, 2.75) is 32.6 Å². The van der Waals surface area contributed by atoms with Crippen LogP contribution in [0.4, 0.5) is 5.69 Å². The zero-order valence-corrected chi connectivity index (χ0v) is 11.9. The first-order chi connectivity index (χ1) is 9.49. The molecular weight excluding hydrogens is 282 g/mol. The third-order valence-electron chi connectivity index (χ3n) is 3.67. The van der Waals surface area contributed by atoms with Gasteiger partial charge in [-0.15, -0.1) is 0 Å². The molecule has 0 aromatic carbocycles. The summed E-state index contributed by atoms with van der Waals surface area (Å²) in [7, 11) is 0. The van der Waals surface area contributed by atoms with Crippen LogP contribution in [0.1, 0.15) is 43.0 Å². The molecule has 1 N–H and O–H groups in total. The number of amides is 1. The Balaban J connectivity index is 2.10. The molecule has 0 saturated heterocycles. The van der Waals surface area contributed by atoms with Gasteiger partial charge in [0.2, 0.25) is 5.15 Å². The molecule has 1 aromatic rings. The number of nitrogens with zero attached hydrogens (tertiary/aromatic N) is 2. The van der Waals surface area contributed by atoms with Crippen molar-refractivity contribution in [1.29, 1.82) is 0 Å². The third kappa shape index (κ3) is 3.07. The first-order valence-electron chi connectivity index (χ1n) is 6.56. The summed E-state index contributed by atoms with van der Waals surface area (Å²) in [6.45, 7) is 2.66. The van der Waals surface area contributed by atoms with Gasteiger partial charge in [-0.05, 0) is 30.7 Å². The van der Waals surface area contributed by atoms with E-state index in [1.165, 1.54) is 12.3 Å². The summed E-state index contributed by atoms with van der Waals surface area (Å²) >= 11 is 5.69. The minimum Gasteiger partial charge on any atom is -0.351 e. The van der Waals surface area contributed by atoms with E-state index in [1.807, 2.05) is 0 Å². The molecule has 7 heteroatoms. The quantitative estimate of drug-likeness (QED) is 0.497. The lowest BCUT2D eigenvalue weighted by Crippen LogP contribution is -2.30. The molecule has 1 heterocycles. The maximum absolute atomic E-state index is 12.1. The molecule has 1 aromatic heterocycles. The fourth-order valence-electron chi connectivity index (χ4n) is 2.37. The lowest BCUT2D eigenvalue weighted by Gasteiger charge is -2.14. The van der Waals surface area contributed by atoms with Gasteiger partial charge >= 0.3 is 5.69 Å². The van der Waals surface area contributed by atoms with Crippen molar-refractivity contribution in [3.05, 3.63) is 33.1 Å². The fraction of sp³-hybridized carbons (Fsp3) is 0.538. The summed E-state index contributed by atoms with van der Waals surface area (Å²) in [6, 6.07) is 1.32. The largest absolute Gasteiger partial charge is 0.351 e. The molecule has 0 bridgehead atoms. The Bertz CT molecular complexity index is 544. The number of carbonyl (C=O) groups excluding carboxylic acids is 1. The van der Waals surface area contributed by atoms with Crippen LogP contribution in [0.25, 0.3) is 0 Å². The van der Waals surface area contributed by atoms with E-state index in [0.29, 0.717) is 6.54 Å².